The Labute approximate surface area is 343 Å². The molecule has 0 amide bonds. The maximum Gasteiger partial charge on any atom is 0.143 e. The summed E-state index contributed by atoms with van der Waals surface area (Å²) in [5, 5.41) is 10.1. The molecule has 2 heteroatoms. The lowest BCUT2D eigenvalue weighted by atomic mass is 9.81. The van der Waals surface area contributed by atoms with Gasteiger partial charge in [0.05, 0.1) is 0 Å². The van der Waals surface area contributed by atoms with Gasteiger partial charge in [-0.3, -0.25) is 0 Å². The predicted octanol–water partition coefficient (Wildman–Crippen LogP) is 16.2. The molecule has 0 N–H and O–H groups in total. The van der Waals surface area contributed by atoms with E-state index in [1.165, 1.54) is 65.7 Å². The normalized spacial score (nSPS) is 13.1. The number of hydrogen-bond acceptors (Lipinski definition) is 2. The fourth-order valence-electron chi connectivity index (χ4n) is 9.90. The lowest BCUT2D eigenvalue weighted by Crippen LogP contribution is -2.16. The van der Waals surface area contributed by atoms with Crippen LogP contribution in [0.15, 0.2) is 205 Å². The number of benzene rings is 10. The van der Waals surface area contributed by atoms with Gasteiger partial charge in [-0.15, -0.1) is 0 Å². The van der Waals surface area contributed by atoms with Crippen LogP contribution in [0.3, 0.4) is 0 Å². The Morgan fingerprint density at radius 2 is 0.847 bits per heavy atom. The molecule has 0 saturated carbocycles. The summed E-state index contributed by atoms with van der Waals surface area (Å²) in [6, 6.07) is 73.1. The third-order valence-corrected chi connectivity index (χ3v) is 12.9. The molecule has 0 radical (unpaired) electrons. The van der Waals surface area contributed by atoms with E-state index in [4.69, 9.17) is 4.42 Å². The highest BCUT2D eigenvalue weighted by atomic mass is 16.3. The van der Waals surface area contributed by atoms with Gasteiger partial charge in [-0.05, 0) is 126 Å². The van der Waals surface area contributed by atoms with Crippen LogP contribution in [0.1, 0.15) is 25.0 Å². The van der Waals surface area contributed by atoms with Crippen molar-refractivity contribution in [2.75, 3.05) is 4.90 Å². The fourth-order valence-corrected chi connectivity index (χ4v) is 9.90. The highest BCUT2D eigenvalue weighted by molar-refractivity contribution is 6.26. The van der Waals surface area contributed by atoms with Crippen molar-refractivity contribution in [2.24, 2.45) is 0 Å². The number of hydrogen-bond donors (Lipinski definition) is 0. The van der Waals surface area contributed by atoms with Gasteiger partial charge in [0.1, 0.15) is 11.2 Å². The Morgan fingerprint density at radius 3 is 1.53 bits per heavy atom. The minimum absolute atomic E-state index is 0.209. The Morgan fingerprint density at radius 1 is 0.339 bits per heavy atom. The van der Waals surface area contributed by atoms with Crippen molar-refractivity contribution < 1.29 is 4.42 Å². The molecule has 0 aliphatic heterocycles. The molecule has 278 valence electrons. The summed E-state index contributed by atoms with van der Waals surface area (Å²) in [4.78, 5) is 2.40. The van der Waals surface area contributed by atoms with Gasteiger partial charge in [-0.25, -0.2) is 0 Å². The van der Waals surface area contributed by atoms with Crippen LogP contribution in [0.25, 0.3) is 87.6 Å². The van der Waals surface area contributed by atoms with E-state index < -0.39 is 0 Å². The second-order valence-corrected chi connectivity index (χ2v) is 16.5. The number of rotatable bonds is 5. The van der Waals surface area contributed by atoms with Crippen LogP contribution >= 0.6 is 0 Å². The number of furan rings is 1. The molecule has 0 atom stereocenters. The molecule has 0 saturated heterocycles. The monoisotopic (exact) mass is 753 g/mol. The average Bonchev–Trinajstić information content (AvgIpc) is 3.78. The van der Waals surface area contributed by atoms with Crippen molar-refractivity contribution in [3.63, 3.8) is 0 Å². The van der Waals surface area contributed by atoms with E-state index in [1.807, 2.05) is 12.1 Å². The van der Waals surface area contributed by atoms with Crippen LogP contribution in [0.5, 0.6) is 0 Å². The van der Waals surface area contributed by atoms with E-state index in [-0.39, 0.29) is 5.41 Å². The fraction of sp³-hybridized carbons (Fsp3) is 0.0526. The van der Waals surface area contributed by atoms with Crippen molar-refractivity contribution in [2.45, 2.75) is 19.3 Å². The first-order chi connectivity index (χ1) is 29.0. The molecule has 1 aromatic heterocycles. The third kappa shape index (κ3) is 5.13. The summed E-state index contributed by atoms with van der Waals surface area (Å²) in [5.41, 5.74) is 14.9. The van der Waals surface area contributed by atoms with Crippen LogP contribution in [0.2, 0.25) is 0 Å². The van der Waals surface area contributed by atoms with Crippen LogP contribution < -0.4 is 4.90 Å². The molecule has 2 nitrogen and oxygen atoms in total. The van der Waals surface area contributed by atoms with Crippen LogP contribution in [0.4, 0.5) is 17.1 Å². The maximum atomic E-state index is 6.45. The first kappa shape index (κ1) is 33.7. The molecule has 1 heterocycles. The predicted molar refractivity (Wildman–Crippen MR) is 249 cm³/mol. The first-order valence-corrected chi connectivity index (χ1v) is 20.5. The Hall–Kier alpha value is -7.42. The summed E-state index contributed by atoms with van der Waals surface area (Å²) < 4.78 is 6.45. The molecule has 0 spiro atoms. The summed E-state index contributed by atoms with van der Waals surface area (Å²) in [5.74, 6) is 0. The van der Waals surface area contributed by atoms with Gasteiger partial charge in [-0.2, -0.15) is 0 Å². The lowest BCUT2D eigenvalue weighted by molar-refractivity contribution is 0.661. The summed E-state index contributed by atoms with van der Waals surface area (Å²) in [6.07, 6.45) is 0. The van der Waals surface area contributed by atoms with E-state index in [2.05, 4.69) is 207 Å². The van der Waals surface area contributed by atoms with Gasteiger partial charge >= 0.3 is 0 Å². The zero-order valence-corrected chi connectivity index (χ0v) is 32.9. The maximum absolute atomic E-state index is 6.45. The SMILES string of the molecule is CC1(C)c2cc(N(c3ccc(-c4ccccc4)cc3)c3ccc(-c4cccc5c4oc4ccccc45)cc3)ccc2-c2cc3c4ccccc4c4ccccc4c3cc21. The molecule has 10 aromatic carbocycles. The molecular weight excluding hydrogens is 715 g/mol. The molecule has 11 aromatic rings. The molecule has 59 heavy (non-hydrogen) atoms. The minimum atomic E-state index is -0.209. The van der Waals surface area contributed by atoms with Crippen molar-refractivity contribution in [3.8, 4) is 33.4 Å². The van der Waals surface area contributed by atoms with Gasteiger partial charge in [0.15, 0.2) is 0 Å². The van der Waals surface area contributed by atoms with Crippen molar-refractivity contribution in [1.29, 1.82) is 0 Å². The Kier molecular flexibility index (Phi) is 7.31. The van der Waals surface area contributed by atoms with E-state index in [0.717, 1.165) is 50.1 Å². The average molecular weight is 754 g/mol. The first-order valence-electron chi connectivity index (χ1n) is 20.5. The second kappa shape index (κ2) is 12.8. The molecule has 0 bridgehead atoms. The smallest absolute Gasteiger partial charge is 0.143 e. The topological polar surface area (TPSA) is 16.4 Å². The number of fused-ring (bicyclic) bond motifs is 12. The largest absolute Gasteiger partial charge is 0.455 e. The Bertz CT molecular complexity index is 3450. The number of para-hydroxylation sites is 2. The quantitative estimate of drug-likeness (QED) is 0.163. The summed E-state index contributed by atoms with van der Waals surface area (Å²) in [6.45, 7) is 4.78. The van der Waals surface area contributed by atoms with E-state index >= 15 is 0 Å². The van der Waals surface area contributed by atoms with Gasteiger partial charge in [0.25, 0.3) is 0 Å². The zero-order chi connectivity index (χ0) is 39.2. The van der Waals surface area contributed by atoms with Crippen molar-refractivity contribution in [1.82, 2.24) is 0 Å². The summed E-state index contributed by atoms with van der Waals surface area (Å²) in [7, 11) is 0. The highest BCUT2D eigenvalue weighted by Crippen LogP contribution is 2.53. The number of nitrogens with zero attached hydrogens (tertiary/aromatic N) is 1. The highest BCUT2D eigenvalue weighted by Gasteiger charge is 2.37. The molecular formula is C57H39NO. The van der Waals surface area contributed by atoms with E-state index in [1.54, 1.807) is 0 Å². The molecule has 12 rings (SSSR count). The molecule has 0 unspecified atom stereocenters. The standard InChI is InChI=1S/C57H39NO/c1-57(2)53-33-41(31-32-47(53)52-34-50-45-17-8-6-15-43(45)44-16-7-9-18-46(44)51(50)35-54(52)57)58(39-27-23-37(24-28-39)36-13-4-3-5-14-36)40-29-25-38(26-30-40)42-20-12-21-49-48-19-10-11-22-55(48)59-56(42)49/h3-35H,1-2H3. The summed E-state index contributed by atoms with van der Waals surface area (Å²) >= 11 is 0. The molecule has 1 aliphatic carbocycles. The van der Waals surface area contributed by atoms with E-state index in [9.17, 15) is 0 Å². The van der Waals surface area contributed by atoms with Gasteiger partial charge < -0.3 is 9.32 Å². The third-order valence-electron chi connectivity index (χ3n) is 12.9. The van der Waals surface area contributed by atoms with Crippen molar-refractivity contribution in [3.05, 3.63) is 211 Å². The lowest BCUT2D eigenvalue weighted by Gasteiger charge is -2.28. The Balaban J connectivity index is 1.01. The zero-order valence-electron chi connectivity index (χ0n) is 32.9. The minimum Gasteiger partial charge on any atom is -0.455 e. The van der Waals surface area contributed by atoms with Gasteiger partial charge in [0.2, 0.25) is 0 Å². The van der Waals surface area contributed by atoms with Gasteiger partial charge in [-0.1, -0.05) is 159 Å². The van der Waals surface area contributed by atoms with Crippen LogP contribution in [-0.2, 0) is 5.41 Å². The molecule has 1 aliphatic rings. The molecule has 0 fully saturated rings. The van der Waals surface area contributed by atoms with Crippen LogP contribution in [-0.4, -0.2) is 0 Å². The number of anilines is 3. The second-order valence-electron chi connectivity index (χ2n) is 16.5. The van der Waals surface area contributed by atoms with Gasteiger partial charge in [0, 0.05) is 38.8 Å². The van der Waals surface area contributed by atoms with Crippen LogP contribution in [0, 0.1) is 0 Å². The van der Waals surface area contributed by atoms with Crippen molar-refractivity contribution >= 4 is 71.3 Å². The van der Waals surface area contributed by atoms with E-state index in [0.29, 0.717) is 0 Å².